The number of hydrogen-bond acceptors (Lipinski definition) is 4. The minimum absolute atomic E-state index is 0.115. The summed E-state index contributed by atoms with van der Waals surface area (Å²) in [6, 6.07) is 17.0. The number of rotatable bonds is 8. The molecule has 0 radical (unpaired) electrons. The number of carbonyl (C=O) groups excluding carboxylic acids is 2. The van der Waals surface area contributed by atoms with Gasteiger partial charge in [0.15, 0.2) is 5.76 Å². The van der Waals surface area contributed by atoms with Gasteiger partial charge in [0.1, 0.15) is 11.8 Å². The summed E-state index contributed by atoms with van der Waals surface area (Å²) in [7, 11) is 1.59. The minimum Gasteiger partial charge on any atom is -0.497 e. The summed E-state index contributed by atoms with van der Waals surface area (Å²) in [6.45, 7) is 0.197. The lowest BCUT2D eigenvalue weighted by atomic mass is 10.0. The van der Waals surface area contributed by atoms with Crippen molar-refractivity contribution in [3.8, 4) is 5.75 Å². The van der Waals surface area contributed by atoms with E-state index in [0.29, 0.717) is 16.3 Å². The molecule has 1 aromatic heterocycles. The summed E-state index contributed by atoms with van der Waals surface area (Å²) in [5, 5.41) is 3.72. The second-order valence-corrected chi connectivity index (χ2v) is 8.64. The van der Waals surface area contributed by atoms with E-state index >= 15 is 0 Å². The number of furan rings is 1. The summed E-state index contributed by atoms with van der Waals surface area (Å²) in [5.41, 5.74) is 1.51. The monoisotopic (exact) mass is 466 g/mol. The predicted octanol–water partition coefficient (Wildman–Crippen LogP) is 5.38. The van der Waals surface area contributed by atoms with Gasteiger partial charge in [-0.2, -0.15) is 0 Å². The van der Waals surface area contributed by atoms with E-state index in [9.17, 15) is 9.59 Å². The number of methoxy groups -OCH3 is 1. The maximum Gasteiger partial charge on any atom is 0.290 e. The smallest absolute Gasteiger partial charge is 0.290 e. The Labute approximate surface area is 198 Å². The molecule has 0 bridgehead atoms. The molecule has 1 heterocycles. The molecule has 7 heteroatoms. The fourth-order valence-corrected chi connectivity index (χ4v) is 4.38. The first kappa shape index (κ1) is 22.9. The van der Waals surface area contributed by atoms with Crippen molar-refractivity contribution in [1.29, 1.82) is 0 Å². The molecule has 1 atom stereocenters. The van der Waals surface area contributed by atoms with Gasteiger partial charge >= 0.3 is 0 Å². The van der Waals surface area contributed by atoms with Gasteiger partial charge in [-0.25, -0.2) is 0 Å². The fourth-order valence-electron chi connectivity index (χ4n) is 4.26. The average Bonchev–Trinajstić information content (AvgIpc) is 3.54. The summed E-state index contributed by atoms with van der Waals surface area (Å²) in [6.07, 6.45) is 5.53. The van der Waals surface area contributed by atoms with Gasteiger partial charge in [-0.3, -0.25) is 9.59 Å². The molecular weight excluding hydrogens is 440 g/mol. The largest absolute Gasteiger partial charge is 0.497 e. The molecule has 1 unspecified atom stereocenters. The van der Waals surface area contributed by atoms with Crippen LogP contribution in [-0.2, 0) is 11.3 Å². The van der Waals surface area contributed by atoms with Crippen molar-refractivity contribution in [3.05, 3.63) is 88.8 Å². The number of amides is 2. The van der Waals surface area contributed by atoms with Crippen LogP contribution >= 0.6 is 11.6 Å². The molecule has 1 fully saturated rings. The van der Waals surface area contributed by atoms with Crippen LogP contribution in [0.5, 0.6) is 5.75 Å². The van der Waals surface area contributed by atoms with Crippen molar-refractivity contribution in [2.45, 2.75) is 44.3 Å². The van der Waals surface area contributed by atoms with E-state index in [0.717, 1.165) is 31.2 Å². The van der Waals surface area contributed by atoms with Gasteiger partial charge in [-0.15, -0.1) is 0 Å². The number of nitrogens with one attached hydrogen (secondary N) is 1. The highest BCUT2D eigenvalue weighted by Gasteiger charge is 2.34. The van der Waals surface area contributed by atoms with Gasteiger partial charge in [-0.05, 0) is 60.4 Å². The first-order chi connectivity index (χ1) is 16.0. The molecular formula is C26H27ClN2O4. The Morgan fingerprint density at radius 1 is 1.12 bits per heavy atom. The Morgan fingerprint density at radius 3 is 2.55 bits per heavy atom. The Bertz CT molecular complexity index is 1080. The Morgan fingerprint density at radius 2 is 1.88 bits per heavy atom. The van der Waals surface area contributed by atoms with E-state index in [2.05, 4.69) is 5.32 Å². The van der Waals surface area contributed by atoms with Crippen molar-refractivity contribution in [1.82, 2.24) is 10.2 Å². The number of hydrogen-bond donors (Lipinski definition) is 1. The van der Waals surface area contributed by atoms with Gasteiger partial charge < -0.3 is 19.4 Å². The van der Waals surface area contributed by atoms with Crippen LogP contribution < -0.4 is 10.1 Å². The van der Waals surface area contributed by atoms with Crippen LogP contribution in [0.4, 0.5) is 0 Å². The summed E-state index contributed by atoms with van der Waals surface area (Å²) in [4.78, 5) is 28.7. The molecule has 4 rings (SSSR count). The quantitative estimate of drug-likeness (QED) is 0.483. The third-order valence-corrected chi connectivity index (χ3v) is 6.18. The lowest BCUT2D eigenvalue weighted by Crippen LogP contribution is -2.45. The first-order valence-corrected chi connectivity index (χ1v) is 11.5. The second kappa shape index (κ2) is 10.6. The van der Waals surface area contributed by atoms with Crippen LogP contribution in [0.15, 0.2) is 71.3 Å². The summed E-state index contributed by atoms with van der Waals surface area (Å²) >= 11 is 6.11. The zero-order valence-corrected chi connectivity index (χ0v) is 19.3. The molecule has 0 saturated heterocycles. The third kappa shape index (κ3) is 5.57. The molecule has 1 N–H and O–H groups in total. The van der Waals surface area contributed by atoms with Crippen LogP contribution in [0.2, 0.25) is 5.02 Å². The third-order valence-electron chi connectivity index (χ3n) is 5.93. The number of carbonyl (C=O) groups is 2. The highest BCUT2D eigenvalue weighted by atomic mass is 35.5. The number of ether oxygens (including phenoxy) is 1. The van der Waals surface area contributed by atoms with E-state index in [1.54, 1.807) is 48.4 Å². The Hall–Kier alpha value is -3.25. The average molecular weight is 467 g/mol. The molecule has 172 valence electrons. The highest BCUT2D eigenvalue weighted by Crippen LogP contribution is 2.29. The number of benzene rings is 2. The molecule has 1 aliphatic rings. The maximum atomic E-state index is 13.6. The predicted molar refractivity (Wildman–Crippen MR) is 126 cm³/mol. The van der Waals surface area contributed by atoms with Crippen LogP contribution in [0, 0.1) is 0 Å². The zero-order valence-electron chi connectivity index (χ0n) is 18.5. The van der Waals surface area contributed by atoms with Crippen LogP contribution in [0.3, 0.4) is 0 Å². The molecule has 33 heavy (non-hydrogen) atoms. The maximum absolute atomic E-state index is 13.6. The molecule has 0 aliphatic heterocycles. The SMILES string of the molecule is COc1cccc(CN(C(=O)c2ccco2)C(C(=O)NC2CCCC2)c2ccc(Cl)cc2)c1. The van der Waals surface area contributed by atoms with Crippen LogP contribution in [-0.4, -0.2) is 29.9 Å². The topological polar surface area (TPSA) is 71.8 Å². The van der Waals surface area contributed by atoms with E-state index in [1.807, 2.05) is 24.3 Å². The normalized spacial score (nSPS) is 14.6. The van der Waals surface area contributed by atoms with Gasteiger partial charge in [-0.1, -0.05) is 48.7 Å². The number of halogens is 1. The molecule has 1 aliphatic carbocycles. The van der Waals surface area contributed by atoms with E-state index in [4.69, 9.17) is 20.8 Å². The minimum atomic E-state index is -0.855. The standard InChI is InChI=1S/C26H27ClN2O4/c1-32-22-9-4-6-18(16-22)17-29(26(31)23-10-5-15-33-23)24(19-11-13-20(27)14-12-19)25(30)28-21-7-2-3-8-21/h4-6,9-16,21,24H,2-3,7-8,17H2,1H3,(H,28,30). The van der Waals surface area contributed by atoms with Gasteiger partial charge in [0.25, 0.3) is 5.91 Å². The summed E-state index contributed by atoms with van der Waals surface area (Å²) in [5.74, 6) is 0.262. The lowest BCUT2D eigenvalue weighted by molar-refractivity contribution is -0.126. The fraction of sp³-hybridized carbons (Fsp3) is 0.308. The molecule has 2 amide bonds. The molecule has 1 saturated carbocycles. The van der Waals surface area contributed by atoms with Crippen molar-refractivity contribution in [3.63, 3.8) is 0 Å². The number of nitrogens with zero attached hydrogens (tertiary/aromatic N) is 1. The lowest BCUT2D eigenvalue weighted by Gasteiger charge is -2.32. The Kier molecular flexibility index (Phi) is 7.35. The molecule has 2 aromatic carbocycles. The summed E-state index contributed by atoms with van der Waals surface area (Å²) < 4.78 is 10.8. The van der Waals surface area contributed by atoms with E-state index in [-0.39, 0.29) is 30.2 Å². The highest BCUT2D eigenvalue weighted by molar-refractivity contribution is 6.30. The van der Waals surface area contributed by atoms with E-state index < -0.39 is 6.04 Å². The second-order valence-electron chi connectivity index (χ2n) is 8.21. The van der Waals surface area contributed by atoms with Gasteiger partial charge in [0.2, 0.25) is 5.91 Å². The molecule has 0 spiro atoms. The van der Waals surface area contributed by atoms with Crippen molar-refractivity contribution >= 4 is 23.4 Å². The van der Waals surface area contributed by atoms with Crippen molar-refractivity contribution < 1.29 is 18.7 Å². The van der Waals surface area contributed by atoms with Gasteiger partial charge in [0.05, 0.1) is 13.4 Å². The zero-order chi connectivity index (χ0) is 23.2. The van der Waals surface area contributed by atoms with Crippen LogP contribution in [0.1, 0.15) is 53.4 Å². The van der Waals surface area contributed by atoms with Crippen molar-refractivity contribution in [2.24, 2.45) is 0 Å². The molecule has 3 aromatic rings. The Balaban J connectivity index is 1.74. The van der Waals surface area contributed by atoms with Crippen molar-refractivity contribution in [2.75, 3.05) is 7.11 Å². The van der Waals surface area contributed by atoms with Crippen LogP contribution in [0.25, 0.3) is 0 Å². The molecule has 6 nitrogen and oxygen atoms in total. The first-order valence-electron chi connectivity index (χ1n) is 11.1. The van der Waals surface area contributed by atoms with E-state index in [1.165, 1.54) is 6.26 Å². The van der Waals surface area contributed by atoms with Gasteiger partial charge in [0, 0.05) is 17.6 Å².